The molecule has 0 saturated carbocycles. The topological polar surface area (TPSA) is 20.2 Å². The van der Waals surface area contributed by atoms with Crippen molar-refractivity contribution >= 4 is 0 Å². The lowest BCUT2D eigenvalue weighted by atomic mass is 10.0. The van der Waals surface area contributed by atoms with Gasteiger partial charge in [-0.1, -0.05) is 0 Å². The highest BCUT2D eigenvalue weighted by molar-refractivity contribution is 5.67. The average molecular weight is 292 g/mol. The van der Waals surface area contributed by atoms with Crippen molar-refractivity contribution in [1.29, 1.82) is 0 Å². The molecule has 0 bridgehead atoms. The van der Waals surface area contributed by atoms with Crippen LogP contribution in [0.3, 0.4) is 0 Å². The third-order valence-corrected chi connectivity index (χ3v) is 2.54. The minimum Gasteiger partial charge on any atom is -0.508 e. The summed E-state index contributed by atoms with van der Waals surface area (Å²) in [5.74, 6) is -4.72. The Morgan fingerprint density at radius 1 is 0.800 bits per heavy atom. The van der Waals surface area contributed by atoms with Gasteiger partial charge in [0.1, 0.15) is 23.2 Å². The Bertz CT molecular complexity index is 639. The summed E-state index contributed by atoms with van der Waals surface area (Å²) in [7, 11) is 0. The number of phenols is 1. The van der Waals surface area contributed by atoms with Crippen LogP contribution in [0.15, 0.2) is 30.3 Å². The molecular weight excluding hydrogens is 286 g/mol. The van der Waals surface area contributed by atoms with E-state index in [0.29, 0.717) is 24.3 Å². The van der Waals surface area contributed by atoms with Gasteiger partial charge in [-0.25, -0.2) is 13.2 Å². The lowest BCUT2D eigenvalue weighted by molar-refractivity contribution is -0.137. The molecule has 106 valence electrons. The first-order valence-electron chi connectivity index (χ1n) is 5.24. The Kier molecular flexibility index (Phi) is 3.37. The molecule has 2 aromatic carbocycles. The van der Waals surface area contributed by atoms with Gasteiger partial charge in [0.15, 0.2) is 0 Å². The molecule has 20 heavy (non-hydrogen) atoms. The zero-order valence-corrected chi connectivity index (χ0v) is 9.60. The fourth-order valence-corrected chi connectivity index (χ4v) is 1.74. The van der Waals surface area contributed by atoms with E-state index in [2.05, 4.69) is 0 Å². The van der Waals surface area contributed by atoms with Crippen LogP contribution < -0.4 is 0 Å². The third-order valence-electron chi connectivity index (χ3n) is 2.54. The molecular formula is C13H6F6O. The van der Waals surface area contributed by atoms with E-state index in [-0.39, 0.29) is 0 Å². The molecule has 2 rings (SSSR count). The summed E-state index contributed by atoms with van der Waals surface area (Å²) in [5, 5.41) is 9.24. The van der Waals surface area contributed by atoms with E-state index in [4.69, 9.17) is 0 Å². The molecule has 1 N–H and O–H groups in total. The SMILES string of the molecule is Oc1cc(-c2c(F)cc(F)cc2F)cc(C(F)(F)F)c1. The maximum absolute atomic E-state index is 13.5. The number of benzene rings is 2. The number of halogens is 6. The van der Waals surface area contributed by atoms with Gasteiger partial charge in [0.05, 0.1) is 11.1 Å². The van der Waals surface area contributed by atoms with E-state index >= 15 is 0 Å². The predicted octanol–water partition coefficient (Wildman–Crippen LogP) is 4.50. The number of hydrogen-bond acceptors (Lipinski definition) is 1. The first kappa shape index (κ1) is 14.2. The number of phenolic OH excluding ortho intramolecular Hbond substituents is 1. The summed E-state index contributed by atoms with van der Waals surface area (Å²) in [6.45, 7) is 0. The van der Waals surface area contributed by atoms with Crippen LogP contribution in [0.4, 0.5) is 26.3 Å². The third kappa shape index (κ3) is 2.71. The molecule has 0 aliphatic heterocycles. The molecule has 1 nitrogen and oxygen atoms in total. The molecule has 0 aliphatic rings. The van der Waals surface area contributed by atoms with Gasteiger partial charge in [0.25, 0.3) is 0 Å². The van der Waals surface area contributed by atoms with Gasteiger partial charge >= 0.3 is 6.18 Å². The highest BCUT2D eigenvalue weighted by Crippen LogP contribution is 2.36. The molecule has 0 aromatic heterocycles. The number of aromatic hydroxyl groups is 1. The minimum absolute atomic E-state index is 0.343. The Morgan fingerprint density at radius 3 is 1.85 bits per heavy atom. The summed E-state index contributed by atoms with van der Waals surface area (Å²) in [5.41, 5.74) is -2.64. The monoisotopic (exact) mass is 292 g/mol. The number of alkyl halides is 3. The average Bonchev–Trinajstić information content (AvgIpc) is 2.25. The van der Waals surface area contributed by atoms with E-state index in [1.165, 1.54) is 0 Å². The lowest BCUT2D eigenvalue weighted by Crippen LogP contribution is -2.05. The van der Waals surface area contributed by atoms with Gasteiger partial charge in [-0.05, 0) is 23.8 Å². The highest BCUT2D eigenvalue weighted by atomic mass is 19.4. The lowest BCUT2D eigenvalue weighted by Gasteiger charge is -2.11. The van der Waals surface area contributed by atoms with Gasteiger partial charge in [-0.15, -0.1) is 0 Å². The molecule has 7 heteroatoms. The van der Waals surface area contributed by atoms with Crippen LogP contribution in [0.25, 0.3) is 11.1 Å². The van der Waals surface area contributed by atoms with Crippen LogP contribution >= 0.6 is 0 Å². The Labute approximate surface area is 109 Å². The number of rotatable bonds is 1. The van der Waals surface area contributed by atoms with E-state index in [1.54, 1.807) is 0 Å². The molecule has 0 spiro atoms. The van der Waals surface area contributed by atoms with Crippen LogP contribution in [0.1, 0.15) is 5.56 Å². The standard InChI is InChI=1S/C13H6F6O/c14-8-4-10(15)12(11(16)5-8)6-1-7(13(17,18)19)3-9(20)2-6/h1-5,20H. The van der Waals surface area contributed by atoms with Crippen molar-refractivity contribution in [1.82, 2.24) is 0 Å². The van der Waals surface area contributed by atoms with Crippen LogP contribution in [-0.4, -0.2) is 5.11 Å². The molecule has 0 heterocycles. The normalized spacial score (nSPS) is 11.7. The molecule has 0 radical (unpaired) electrons. The Hall–Kier alpha value is -2.18. The Balaban J connectivity index is 2.68. The maximum atomic E-state index is 13.5. The fraction of sp³-hybridized carbons (Fsp3) is 0.0769. The highest BCUT2D eigenvalue weighted by Gasteiger charge is 2.32. The molecule has 0 amide bonds. The van der Waals surface area contributed by atoms with Crippen molar-refractivity contribution < 1.29 is 31.4 Å². The van der Waals surface area contributed by atoms with E-state index in [0.717, 1.165) is 6.07 Å². The van der Waals surface area contributed by atoms with Gasteiger partial charge < -0.3 is 5.11 Å². The van der Waals surface area contributed by atoms with Gasteiger partial charge in [0, 0.05) is 12.1 Å². The summed E-state index contributed by atoms with van der Waals surface area (Å²) in [4.78, 5) is 0. The Morgan fingerprint density at radius 2 is 1.35 bits per heavy atom. The zero-order valence-electron chi connectivity index (χ0n) is 9.60. The molecule has 0 unspecified atom stereocenters. The summed E-state index contributed by atoms with van der Waals surface area (Å²) in [6.07, 6.45) is -4.79. The second-order valence-electron chi connectivity index (χ2n) is 4.01. The van der Waals surface area contributed by atoms with Crippen LogP contribution in [0.5, 0.6) is 5.75 Å². The predicted molar refractivity (Wildman–Crippen MR) is 58.4 cm³/mol. The first-order chi connectivity index (χ1) is 9.18. The van der Waals surface area contributed by atoms with E-state index < -0.39 is 46.1 Å². The summed E-state index contributed by atoms with van der Waals surface area (Å²) in [6, 6.07) is 2.34. The molecule has 2 aromatic rings. The molecule has 0 saturated heterocycles. The second kappa shape index (κ2) is 4.73. The van der Waals surface area contributed by atoms with Crippen molar-refractivity contribution in [3.63, 3.8) is 0 Å². The maximum Gasteiger partial charge on any atom is 0.416 e. The van der Waals surface area contributed by atoms with E-state index in [1.807, 2.05) is 0 Å². The van der Waals surface area contributed by atoms with Crippen LogP contribution in [0, 0.1) is 17.5 Å². The largest absolute Gasteiger partial charge is 0.508 e. The van der Waals surface area contributed by atoms with Gasteiger partial charge in [-0.3, -0.25) is 0 Å². The molecule has 0 atom stereocenters. The van der Waals surface area contributed by atoms with Crippen molar-refractivity contribution in [2.24, 2.45) is 0 Å². The van der Waals surface area contributed by atoms with E-state index in [9.17, 15) is 31.4 Å². The van der Waals surface area contributed by atoms with Crippen molar-refractivity contribution in [2.75, 3.05) is 0 Å². The molecule has 0 aliphatic carbocycles. The quantitative estimate of drug-likeness (QED) is 0.767. The minimum atomic E-state index is -4.79. The second-order valence-corrected chi connectivity index (χ2v) is 4.01. The van der Waals surface area contributed by atoms with Crippen LogP contribution in [-0.2, 0) is 6.18 Å². The van der Waals surface area contributed by atoms with Crippen molar-refractivity contribution in [3.05, 3.63) is 53.3 Å². The summed E-state index contributed by atoms with van der Waals surface area (Å²) < 4.78 is 77.5. The van der Waals surface area contributed by atoms with Gasteiger partial charge in [0.2, 0.25) is 0 Å². The van der Waals surface area contributed by atoms with Crippen molar-refractivity contribution in [3.8, 4) is 16.9 Å². The smallest absolute Gasteiger partial charge is 0.416 e. The zero-order chi connectivity index (χ0) is 15.1. The summed E-state index contributed by atoms with van der Waals surface area (Å²) >= 11 is 0. The van der Waals surface area contributed by atoms with Crippen molar-refractivity contribution in [2.45, 2.75) is 6.18 Å². The van der Waals surface area contributed by atoms with Crippen LogP contribution in [0.2, 0.25) is 0 Å². The fourth-order valence-electron chi connectivity index (χ4n) is 1.74. The number of hydrogen-bond donors (Lipinski definition) is 1. The molecule has 0 fully saturated rings. The first-order valence-corrected chi connectivity index (χ1v) is 5.24. The van der Waals surface area contributed by atoms with Gasteiger partial charge in [-0.2, -0.15) is 13.2 Å².